The molecular weight excluding hydrogens is 328 g/mol. The summed E-state index contributed by atoms with van der Waals surface area (Å²) in [6, 6.07) is 12.9. The van der Waals surface area contributed by atoms with Crippen LogP contribution in [0.3, 0.4) is 0 Å². The second kappa shape index (κ2) is 7.60. The lowest BCUT2D eigenvalue weighted by Gasteiger charge is -2.19. The fourth-order valence-electron chi connectivity index (χ4n) is 3.26. The molecule has 1 saturated heterocycles. The lowest BCUT2D eigenvalue weighted by molar-refractivity contribution is -0.117. The highest BCUT2D eigenvalue weighted by Gasteiger charge is 2.22. The number of benzene rings is 2. The van der Waals surface area contributed by atoms with E-state index in [1.807, 2.05) is 44.2 Å². The van der Waals surface area contributed by atoms with Gasteiger partial charge in [0, 0.05) is 29.8 Å². The highest BCUT2D eigenvalue weighted by atomic mass is 16.5. The van der Waals surface area contributed by atoms with Gasteiger partial charge in [-0.05, 0) is 50.6 Å². The summed E-state index contributed by atoms with van der Waals surface area (Å²) in [6.45, 7) is 4.69. The van der Waals surface area contributed by atoms with E-state index in [-0.39, 0.29) is 17.9 Å². The molecule has 5 nitrogen and oxygen atoms in total. The average molecular weight is 352 g/mol. The number of rotatable bonds is 5. The van der Waals surface area contributed by atoms with Crippen LogP contribution in [0.25, 0.3) is 0 Å². The van der Waals surface area contributed by atoms with E-state index in [1.165, 1.54) is 0 Å². The highest BCUT2D eigenvalue weighted by molar-refractivity contribution is 5.97. The van der Waals surface area contributed by atoms with Crippen molar-refractivity contribution in [1.82, 2.24) is 5.32 Å². The monoisotopic (exact) mass is 352 g/mol. The molecule has 5 heteroatoms. The number of carbonyl (C=O) groups is 2. The molecule has 1 atom stereocenters. The summed E-state index contributed by atoms with van der Waals surface area (Å²) in [5.41, 5.74) is 3.47. The SMILES string of the molecule is COc1ccc(C)cc1[C@H](C)NC(=O)c1ccc(N2CCCC2=O)cc1. The van der Waals surface area contributed by atoms with Gasteiger partial charge in [-0.3, -0.25) is 9.59 Å². The Balaban J connectivity index is 1.72. The van der Waals surface area contributed by atoms with E-state index >= 15 is 0 Å². The zero-order chi connectivity index (χ0) is 18.7. The fourth-order valence-corrected chi connectivity index (χ4v) is 3.26. The van der Waals surface area contributed by atoms with Crippen LogP contribution in [-0.2, 0) is 4.79 Å². The third-order valence-electron chi connectivity index (χ3n) is 4.71. The molecule has 1 N–H and O–H groups in total. The predicted octanol–water partition coefficient (Wildman–Crippen LogP) is 3.62. The van der Waals surface area contributed by atoms with Crippen LogP contribution in [0.4, 0.5) is 5.69 Å². The van der Waals surface area contributed by atoms with Gasteiger partial charge < -0.3 is 15.0 Å². The van der Waals surface area contributed by atoms with Crippen molar-refractivity contribution in [3.8, 4) is 5.75 Å². The highest BCUT2D eigenvalue weighted by Crippen LogP contribution is 2.27. The summed E-state index contributed by atoms with van der Waals surface area (Å²) in [5, 5.41) is 3.01. The number of hydrogen-bond donors (Lipinski definition) is 1. The molecule has 1 aliphatic heterocycles. The van der Waals surface area contributed by atoms with Crippen LogP contribution in [0.15, 0.2) is 42.5 Å². The van der Waals surface area contributed by atoms with E-state index in [0.29, 0.717) is 12.0 Å². The van der Waals surface area contributed by atoms with Crippen molar-refractivity contribution in [2.24, 2.45) is 0 Å². The van der Waals surface area contributed by atoms with Crippen molar-refractivity contribution >= 4 is 17.5 Å². The summed E-state index contributed by atoms with van der Waals surface area (Å²) in [7, 11) is 1.63. The molecule has 1 aliphatic rings. The lowest BCUT2D eigenvalue weighted by atomic mass is 10.0. The van der Waals surface area contributed by atoms with E-state index in [4.69, 9.17) is 4.74 Å². The van der Waals surface area contributed by atoms with Crippen molar-refractivity contribution in [1.29, 1.82) is 0 Å². The van der Waals surface area contributed by atoms with Gasteiger partial charge in [0.05, 0.1) is 13.2 Å². The quantitative estimate of drug-likeness (QED) is 0.894. The Morgan fingerprint density at radius 3 is 2.54 bits per heavy atom. The number of nitrogens with zero attached hydrogens (tertiary/aromatic N) is 1. The topological polar surface area (TPSA) is 58.6 Å². The minimum atomic E-state index is -0.183. The van der Waals surface area contributed by atoms with Crippen molar-refractivity contribution in [3.05, 3.63) is 59.2 Å². The summed E-state index contributed by atoms with van der Waals surface area (Å²) in [4.78, 5) is 26.2. The summed E-state index contributed by atoms with van der Waals surface area (Å²) in [6.07, 6.45) is 1.48. The Morgan fingerprint density at radius 2 is 1.92 bits per heavy atom. The first-order valence-corrected chi connectivity index (χ1v) is 8.85. The van der Waals surface area contributed by atoms with Crippen molar-refractivity contribution < 1.29 is 14.3 Å². The van der Waals surface area contributed by atoms with Gasteiger partial charge in [0.2, 0.25) is 5.91 Å². The third kappa shape index (κ3) is 3.72. The molecule has 0 radical (unpaired) electrons. The van der Waals surface area contributed by atoms with Crippen molar-refractivity contribution in [3.63, 3.8) is 0 Å². The summed E-state index contributed by atoms with van der Waals surface area (Å²) >= 11 is 0. The second-order valence-corrected chi connectivity index (χ2v) is 6.64. The van der Waals surface area contributed by atoms with Crippen LogP contribution in [0.5, 0.6) is 5.75 Å². The van der Waals surface area contributed by atoms with Crippen molar-refractivity contribution in [2.45, 2.75) is 32.7 Å². The van der Waals surface area contributed by atoms with Crippen molar-refractivity contribution in [2.75, 3.05) is 18.6 Å². The first-order valence-electron chi connectivity index (χ1n) is 8.85. The first-order chi connectivity index (χ1) is 12.5. The van der Waals surface area contributed by atoms with E-state index in [9.17, 15) is 9.59 Å². The standard InChI is InChI=1S/C21H24N2O3/c1-14-6-11-19(26-3)18(13-14)15(2)22-21(25)16-7-9-17(10-8-16)23-12-4-5-20(23)24/h6-11,13,15H,4-5,12H2,1-3H3,(H,22,25)/t15-/m0/s1. The maximum Gasteiger partial charge on any atom is 0.251 e. The van der Waals surface area contributed by atoms with Gasteiger partial charge in [0.15, 0.2) is 0 Å². The molecule has 3 rings (SSSR count). The molecule has 136 valence electrons. The number of amides is 2. The van der Waals surface area contributed by atoms with Crippen LogP contribution in [0, 0.1) is 6.92 Å². The molecular formula is C21H24N2O3. The molecule has 0 aliphatic carbocycles. The maximum atomic E-state index is 12.6. The third-order valence-corrected chi connectivity index (χ3v) is 4.71. The van der Waals surface area contributed by atoms with E-state index in [2.05, 4.69) is 5.32 Å². The summed E-state index contributed by atoms with van der Waals surface area (Å²) < 4.78 is 5.40. The Labute approximate surface area is 154 Å². The zero-order valence-corrected chi connectivity index (χ0v) is 15.4. The Morgan fingerprint density at radius 1 is 1.19 bits per heavy atom. The molecule has 0 unspecified atom stereocenters. The van der Waals surface area contributed by atoms with E-state index in [0.717, 1.165) is 35.5 Å². The van der Waals surface area contributed by atoms with Crippen LogP contribution >= 0.6 is 0 Å². The number of nitrogens with one attached hydrogen (secondary N) is 1. The second-order valence-electron chi connectivity index (χ2n) is 6.64. The van der Waals surface area contributed by atoms with Gasteiger partial charge in [-0.1, -0.05) is 17.7 Å². The van der Waals surface area contributed by atoms with Gasteiger partial charge in [0.1, 0.15) is 5.75 Å². The van der Waals surface area contributed by atoms with Gasteiger partial charge in [-0.2, -0.15) is 0 Å². The van der Waals surface area contributed by atoms with E-state index < -0.39 is 0 Å². The van der Waals surface area contributed by atoms with Gasteiger partial charge in [-0.15, -0.1) is 0 Å². The number of hydrogen-bond acceptors (Lipinski definition) is 3. The fraction of sp³-hybridized carbons (Fsp3) is 0.333. The molecule has 0 spiro atoms. The molecule has 0 bridgehead atoms. The average Bonchev–Trinajstić information content (AvgIpc) is 3.07. The van der Waals surface area contributed by atoms with Crippen LogP contribution in [0.1, 0.15) is 47.3 Å². The van der Waals surface area contributed by atoms with Crippen LogP contribution < -0.4 is 15.0 Å². The van der Waals surface area contributed by atoms with Crippen LogP contribution in [0.2, 0.25) is 0 Å². The molecule has 2 aromatic carbocycles. The maximum absolute atomic E-state index is 12.6. The minimum absolute atomic E-state index is 0.141. The molecule has 0 aromatic heterocycles. The number of methoxy groups -OCH3 is 1. The van der Waals surface area contributed by atoms with Gasteiger partial charge >= 0.3 is 0 Å². The molecule has 26 heavy (non-hydrogen) atoms. The van der Waals surface area contributed by atoms with Gasteiger partial charge in [0.25, 0.3) is 5.91 Å². The Hall–Kier alpha value is -2.82. The number of aryl methyl sites for hydroxylation is 1. The first kappa shape index (κ1) is 18.0. The lowest BCUT2D eigenvalue weighted by Crippen LogP contribution is -2.27. The Bertz CT molecular complexity index is 815. The molecule has 0 saturated carbocycles. The van der Waals surface area contributed by atoms with Crippen LogP contribution in [-0.4, -0.2) is 25.5 Å². The van der Waals surface area contributed by atoms with Gasteiger partial charge in [-0.25, -0.2) is 0 Å². The molecule has 1 heterocycles. The largest absolute Gasteiger partial charge is 0.496 e. The minimum Gasteiger partial charge on any atom is -0.496 e. The number of carbonyl (C=O) groups excluding carboxylic acids is 2. The molecule has 1 fully saturated rings. The number of ether oxygens (including phenoxy) is 1. The molecule has 2 aromatic rings. The summed E-state index contributed by atoms with van der Waals surface area (Å²) in [5.74, 6) is 0.744. The van der Waals surface area contributed by atoms with E-state index in [1.54, 1.807) is 24.1 Å². The predicted molar refractivity (Wildman–Crippen MR) is 102 cm³/mol. The smallest absolute Gasteiger partial charge is 0.251 e. The Kier molecular flexibility index (Phi) is 5.26. The normalized spacial score (nSPS) is 15.0. The molecule has 2 amide bonds. The number of anilines is 1. The zero-order valence-electron chi connectivity index (χ0n) is 15.4.